The lowest BCUT2D eigenvalue weighted by molar-refractivity contribution is 0.218. The maximum Gasteiger partial charge on any atom is 0.170 e. The molecular weight excluding hydrogens is 242 g/mol. The molecule has 0 bridgehead atoms. The Morgan fingerprint density at radius 3 is 2.74 bits per heavy atom. The van der Waals surface area contributed by atoms with Gasteiger partial charge in [0.05, 0.1) is 7.11 Å². The Labute approximate surface area is 113 Å². The molecule has 1 aliphatic rings. The molecule has 0 saturated carbocycles. The van der Waals surface area contributed by atoms with Crippen molar-refractivity contribution in [2.75, 3.05) is 20.2 Å². The van der Waals surface area contributed by atoms with Crippen LogP contribution in [0.4, 0.5) is 0 Å². The lowest BCUT2D eigenvalue weighted by Gasteiger charge is -2.27. The molecule has 0 spiro atoms. The highest BCUT2D eigenvalue weighted by Gasteiger charge is 2.14. The average molecular weight is 263 g/mol. The monoisotopic (exact) mass is 263 g/mol. The zero-order valence-electron chi connectivity index (χ0n) is 11.3. The Morgan fingerprint density at radius 2 is 2.11 bits per heavy atom. The molecule has 1 fully saturated rings. The first-order valence-electron chi connectivity index (χ1n) is 6.61. The minimum Gasteiger partial charge on any atom is -0.496 e. The highest BCUT2D eigenvalue weighted by molar-refractivity contribution is 5.97. The minimum atomic E-state index is 0.127. The van der Waals surface area contributed by atoms with Crippen LogP contribution in [-0.4, -0.2) is 36.1 Å². The van der Waals surface area contributed by atoms with Crippen LogP contribution in [0.3, 0.4) is 0 Å². The van der Waals surface area contributed by atoms with Crippen LogP contribution >= 0.6 is 0 Å². The van der Waals surface area contributed by atoms with E-state index in [1.807, 2.05) is 12.1 Å². The van der Waals surface area contributed by atoms with E-state index < -0.39 is 0 Å². The molecule has 0 amide bonds. The third-order valence-corrected chi connectivity index (χ3v) is 3.53. The molecule has 5 nitrogen and oxygen atoms in total. The van der Waals surface area contributed by atoms with E-state index >= 15 is 0 Å². The van der Waals surface area contributed by atoms with E-state index in [4.69, 9.17) is 15.7 Å². The van der Waals surface area contributed by atoms with Gasteiger partial charge in [0.1, 0.15) is 5.75 Å². The van der Waals surface area contributed by atoms with Crippen LogP contribution in [0.25, 0.3) is 0 Å². The molecule has 1 saturated heterocycles. The maximum atomic E-state index is 8.75. The summed E-state index contributed by atoms with van der Waals surface area (Å²) in [5, 5.41) is 11.8. The third kappa shape index (κ3) is 3.38. The summed E-state index contributed by atoms with van der Waals surface area (Å²) in [5.74, 6) is 0.975. The number of rotatable bonds is 4. The number of amidine groups is 1. The van der Waals surface area contributed by atoms with E-state index in [0.717, 1.165) is 36.5 Å². The average Bonchev–Trinajstić information content (AvgIpc) is 2.47. The summed E-state index contributed by atoms with van der Waals surface area (Å²) in [6, 6.07) is 5.60. The van der Waals surface area contributed by atoms with Crippen LogP contribution in [-0.2, 0) is 6.54 Å². The Balaban J connectivity index is 2.20. The molecular formula is C14H21N3O2. The van der Waals surface area contributed by atoms with E-state index in [-0.39, 0.29) is 5.84 Å². The standard InChI is InChI=1S/C14H21N3O2/c1-19-13-6-5-11(14(15)16-18)9-12(13)10-17-7-3-2-4-8-17/h5-6,9,18H,2-4,7-8,10H2,1H3,(H2,15,16). The molecule has 0 atom stereocenters. The zero-order valence-corrected chi connectivity index (χ0v) is 11.3. The van der Waals surface area contributed by atoms with Gasteiger partial charge in [-0.15, -0.1) is 0 Å². The fourth-order valence-corrected chi connectivity index (χ4v) is 2.48. The Hall–Kier alpha value is -1.75. The second-order valence-electron chi connectivity index (χ2n) is 4.85. The van der Waals surface area contributed by atoms with Crippen molar-refractivity contribution in [2.24, 2.45) is 10.9 Å². The van der Waals surface area contributed by atoms with Crippen LogP contribution in [0, 0.1) is 0 Å². The van der Waals surface area contributed by atoms with Gasteiger partial charge in [-0.1, -0.05) is 11.6 Å². The van der Waals surface area contributed by atoms with Gasteiger partial charge in [0.15, 0.2) is 5.84 Å². The highest BCUT2D eigenvalue weighted by atomic mass is 16.5. The predicted octanol–water partition coefficient (Wildman–Crippen LogP) is 1.78. The van der Waals surface area contributed by atoms with Gasteiger partial charge in [-0.05, 0) is 44.1 Å². The molecule has 1 aromatic rings. The van der Waals surface area contributed by atoms with Crippen molar-refractivity contribution < 1.29 is 9.94 Å². The molecule has 5 heteroatoms. The number of nitrogens with zero attached hydrogens (tertiary/aromatic N) is 2. The second-order valence-corrected chi connectivity index (χ2v) is 4.85. The summed E-state index contributed by atoms with van der Waals surface area (Å²) in [6.07, 6.45) is 3.82. The molecule has 1 heterocycles. The summed E-state index contributed by atoms with van der Waals surface area (Å²) >= 11 is 0. The van der Waals surface area contributed by atoms with Crippen LogP contribution < -0.4 is 10.5 Å². The summed E-state index contributed by atoms with van der Waals surface area (Å²) in [7, 11) is 1.66. The van der Waals surface area contributed by atoms with E-state index in [0.29, 0.717) is 0 Å². The Bertz CT molecular complexity index is 454. The first-order valence-corrected chi connectivity index (χ1v) is 6.61. The lowest BCUT2D eigenvalue weighted by Crippen LogP contribution is -2.29. The number of hydrogen-bond acceptors (Lipinski definition) is 4. The molecule has 0 aliphatic carbocycles. The molecule has 0 radical (unpaired) electrons. The van der Waals surface area contributed by atoms with Crippen molar-refractivity contribution in [3.63, 3.8) is 0 Å². The smallest absolute Gasteiger partial charge is 0.170 e. The number of oxime groups is 1. The topological polar surface area (TPSA) is 71.1 Å². The van der Waals surface area contributed by atoms with Crippen LogP contribution in [0.2, 0.25) is 0 Å². The number of likely N-dealkylation sites (tertiary alicyclic amines) is 1. The van der Waals surface area contributed by atoms with Crippen molar-refractivity contribution >= 4 is 5.84 Å². The fourth-order valence-electron chi connectivity index (χ4n) is 2.48. The summed E-state index contributed by atoms with van der Waals surface area (Å²) in [5.41, 5.74) is 7.43. The molecule has 0 aromatic heterocycles. The summed E-state index contributed by atoms with van der Waals surface area (Å²) in [4.78, 5) is 2.41. The summed E-state index contributed by atoms with van der Waals surface area (Å²) in [6.45, 7) is 3.09. The van der Waals surface area contributed by atoms with Crippen molar-refractivity contribution in [1.29, 1.82) is 0 Å². The predicted molar refractivity (Wildman–Crippen MR) is 74.6 cm³/mol. The maximum absolute atomic E-state index is 8.75. The van der Waals surface area contributed by atoms with E-state index in [1.165, 1.54) is 19.3 Å². The molecule has 19 heavy (non-hydrogen) atoms. The van der Waals surface area contributed by atoms with Gasteiger partial charge in [0.2, 0.25) is 0 Å². The van der Waals surface area contributed by atoms with Crippen molar-refractivity contribution in [2.45, 2.75) is 25.8 Å². The number of ether oxygens (including phenoxy) is 1. The third-order valence-electron chi connectivity index (χ3n) is 3.53. The van der Waals surface area contributed by atoms with Gasteiger partial charge in [-0.25, -0.2) is 0 Å². The van der Waals surface area contributed by atoms with E-state index in [2.05, 4.69) is 10.1 Å². The Kier molecular flexibility index (Phi) is 4.63. The Morgan fingerprint density at radius 1 is 1.37 bits per heavy atom. The van der Waals surface area contributed by atoms with Gasteiger partial charge >= 0.3 is 0 Å². The lowest BCUT2D eigenvalue weighted by atomic mass is 10.1. The van der Waals surface area contributed by atoms with Crippen molar-refractivity contribution in [3.8, 4) is 5.75 Å². The SMILES string of the molecule is COc1ccc(/C(N)=N/O)cc1CN1CCCCC1. The van der Waals surface area contributed by atoms with Crippen LogP contribution in [0.5, 0.6) is 5.75 Å². The molecule has 0 unspecified atom stereocenters. The number of nitrogens with two attached hydrogens (primary N) is 1. The quantitative estimate of drug-likeness (QED) is 0.376. The van der Waals surface area contributed by atoms with Gasteiger partial charge < -0.3 is 15.7 Å². The van der Waals surface area contributed by atoms with E-state index in [9.17, 15) is 0 Å². The number of methoxy groups -OCH3 is 1. The van der Waals surface area contributed by atoms with Crippen molar-refractivity contribution in [1.82, 2.24) is 4.90 Å². The normalized spacial score (nSPS) is 17.4. The molecule has 3 N–H and O–H groups in total. The van der Waals surface area contributed by atoms with Gasteiger partial charge in [0.25, 0.3) is 0 Å². The number of benzene rings is 1. The first kappa shape index (κ1) is 13.7. The second kappa shape index (κ2) is 6.43. The van der Waals surface area contributed by atoms with Crippen molar-refractivity contribution in [3.05, 3.63) is 29.3 Å². The number of hydrogen-bond donors (Lipinski definition) is 2. The van der Waals surface area contributed by atoms with E-state index in [1.54, 1.807) is 13.2 Å². The molecule has 2 rings (SSSR count). The number of piperidine rings is 1. The highest BCUT2D eigenvalue weighted by Crippen LogP contribution is 2.23. The van der Waals surface area contributed by atoms with Gasteiger partial charge in [0, 0.05) is 17.7 Å². The van der Waals surface area contributed by atoms with Gasteiger partial charge in [-0.3, -0.25) is 4.90 Å². The van der Waals surface area contributed by atoms with Gasteiger partial charge in [-0.2, -0.15) is 0 Å². The molecule has 1 aromatic carbocycles. The summed E-state index contributed by atoms with van der Waals surface area (Å²) < 4.78 is 5.39. The zero-order chi connectivity index (χ0) is 13.7. The molecule has 1 aliphatic heterocycles. The minimum absolute atomic E-state index is 0.127. The largest absolute Gasteiger partial charge is 0.496 e. The van der Waals surface area contributed by atoms with Crippen LogP contribution in [0.1, 0.15) is 30.4 Å². The first-order chi connectivity index (χ1) is 9.24. The molecule has 104 valence electrons. The van der Waals surface area contributed by atoms with Crippen LogP contribution in [0.15, 0.2) is 23.4 Å². The fraction of sp³-hybridized carbons (Fsp3) is 0.500.